The van der Waals surface area contributed by atoms with Crippen LogP contribution in [0, 0.1) is 0 Å². The number of anilines is 2. The van der Waals surface area contributed by atoms with Crippen molar-refractivity contribution in [3.8, 4) is 0 Å². The summed E-state index contributed by atoms with van der Waals surface area (Å²) in [4.78, 5) is 2.44. The fourth-order valence-corrected chi connectivity index (χ4v) is 3.74. The zero-order valence-electron chi connectivity index (χ0n) is 16.5. The third-order valence-electron chi connectivity index (χ3n) is 4.98. The summed E-state index contributed by atoms with van der Waals surface area (Å²) in [5, 5.41) is 0. The van der Waals surface area contributed by atoms with E-state index in [1.807, 2.05) is 0 Å². The fourth-order valence-electron chi connectivity index (χ4n) is 3.74. The van der Waals surface area contributed by atoms with Gasteiger partial charge in [-0.2, -0.15) is 0 Å². The van der Waals surface area contributed by atoms with Crippen molar-refractivity contribution < 1.29 is 0 Å². The van der Waals surface area contributed by atoms with Crippen LogP contribution >= 0.6 is 0 Å². The van der Waals surface area contributed by atoms with Crippen LogP contribution in [0.1, 0.15) is 45.7 Å². The Balaban J connectivity index is 2.22. The molecule has 0 saturated carbocycles. The van der Waals surface area contributed by atoms with Crippen LogP contribution in [0.3, 0.4) is 0 Å². The molecular formula is C25H29N. The van der Waals surface area contributed by atoms with Crippen LogP contribution in [-0.2, 0) is 11.0 Å². The SMILES string of the molecule is CC(C)(C)c1ccccc1C(C)(C)N(c1ccccc1)c1ccccc1. The average Bonchev–Trinajstić information content (AvgIpc) is 2.63. The maximum Gasteiger partial charge on any atom is 0.0649 e. The molecule has 0 fully saturated rings. The third-order valence-corrected chi connectivity index (χ3v) is 4.98. The second-order valence-corrected chi connectivity index (χ2v) is 8.36. The lowest BCUT2D eigenvalue weighted by molar-refractivity contribution is 0.500. The molecule has 0 aliphatic heterocycles. The first-order valence-electron chi connectivity index (χ1n) is 9.32. The summed E-state index contributed by atoms with van der Waals surface area (Å²) in [6, 6.07) is 30.2. The Labute approximate surface area is 158 Å². The molecule has 3 aromatic rings. The van der Waals surface area contributed by atoms with Crippen LogP contribution in [0.4, 0.5) is 11.4 Å². The minimum absolute atomic E-state index is 0.0902. The first-order chi connectivity index (χ1) is 12.3. The van der Waals surface area contributed by atoms with Crippen LogP contribution in [0.15, 0.2) is 84.9 Å². The molecule has 0 amide bonds. The minimum Gasteiger partial charge on any atom is -0.332 e. The molecule has 0 saturated heterocycles. The highest BCUT2D eigenvalue weighted by Crippen LogP contribution is 2.42. The monoisotopic (exact) mass is 343 g/mol. The van der Waals surface area contributed by atoms with Gasteiger partial charge in [0.2, 0.25) is 0 Å². The summed E-state index contributed by atoms with van der Waals surface area (Å²) >= 11 is 0. The second-order valence-electron chi connectivity index (χ2n) is 8.36. The van der Waals surface area contributed by atoms with E-state index in [0.29, 0.717) is 0 Å². The van der Waals surface area contributed by atoms with E-state index < -0.39 is 0 Å². The first-order valence-corrected chi connectivity index (χ1v) is 9.32. The van der Waals surface area contributed by atoms with E-state index in [0.717, 1.165) is 0 Å². The van der Waals surface area contributed by atoms with Crippen molar-refractivity contribution in [1.29, 1.82) is 0 Å². The molecule has 0 atom stereocenters. The highest BCUT2D eigenvalue weighted by atomic mass is 15.2. The van der Waals surface area contributed by atoms with Crippen molar-refractivity contribution in [2.45, 2.75) is 45.6 Å². The van der Waals surface area contributed by atoms with Gasteiger partial charge in [0, 0.05) is 11.4 Å². The van der Waals surface area contributed by atoms with E-state index in [4.69, 9.17) is 0 Å². The summed E-state index contributed by atoms with van der Waals surface area (Å²) in [6.07, 6.45) is 0. The maximum atomic E-state index is 2.44. The molecule has 0 aliphatic carbocycles. The van der Waals surface area contributed by atoms with Crippen molar-refractivity contribution >= 4 is 11.4 Å². The predicted octanol–water partition coefficient (Wildman–Crippen LogP) is 7.06. The van der Waals surface area contributed by atoms with Crippen molar-refractivity contribution in [2.24, 2.45) is 0 Å². The van der Waals surface area contributed by atoms with E-state index in [1.54, 1.807) is 0 Å². The minimum atomic E-state index is -0.202. The molecule has 0 aromatic heterocycles. The second kappa shape index (κ2) is 6.99. The van der Waals surface area contributed by atoms with Crippen LogP contribution in [0.2, 0.25) is 0 Å². The molecule has 0 aliphatic rings. The molecule has 0 bridgehead atoms. The Kier molecular flexibility index (Phi) is 4.91. The lowest BCUT2D eigenvalue weighted by Gasteiger charge is -2.43. The summed E-state index contributed by atoms with van der Waals surface area (Å²) in [6.45, 7) is 11.5. The Morgan fingerprint density at radius 3 is 1.31 bits per heavy atom. The van der Waals surface area contributed by atoms with Crippen LogP contribution in [0.5, 0.6) is 0 Å². The van der Waals surface area contributed by atoms with Gasteiger partial charge in [-0.15, -0.1) is 0 Å². The van der Waals surface area contributed by atoms with Crippen molar-refractivity contribution in [2.75, 3.05) is 4.90 Å². The summed E-state index contributed by atoms with van der Waals surface area (Å²) in [7, 11) is 0. The number of nitrogens with zero attached hydrogens (tertiary/aromatic N) is 1. The highest BCUT2D eigenvalue weighted by Gasteiger charge is 2.34. The van der Waals surface area contributed by atoms with E-state index in [9.17, 15) is 0 Å². The van der Waals surface area contributed by atoms with E-state index in [-0.39, 0.29) is 11.0 Å². The van der Waals surface area contributed by atoms with E-state index >= 15 is 0 Å². The normalized spacial score (nSPS) is 12.0. The summed E-state index contributed by atoms with van der Waals surface area (Å²) < 4.78 is 0. The van der Waals surface area contributed by atoms with Crippen molar-refractivity contribution in [3.05, 3.63) is 96.1 Å². The molecule has 0 heterocycles. The van der Waals surface area contributed by atoms with Gasteiger partial charge < -0.3 is 4.90 Å². The zero-order chi connectivity index (χ0) is 18.8. The first kappa shape index (κ1) is 18.3. The molecule has 0 spiro atoms. The van der Waals surface area contributed by atoms with Gasteiger partial charge in [-0.1, -0.05) is 81.4 Å². The number of benzene rings is 3. The Morgan fingerprint density at radius 2 is 0.885 bits per heavy atom. The van der Waals surface area contributed by atoms with Gasteiger partial charge in [-0.3, -0.25) is 0 Å². The van der Waals surface area contributed by atoms with Gasteiger partial charge >= 0.3 is 0 Å². The van der Waals surface area contributed by atoms with Crippen molar-refractivity contribution in [1.82, 2.24) is 0 Å². The Morgan fingerprint density at radius 1 is 0.500 bits per heavy atom. The lowest BCUT2D eigenvalue weighted by atomic mass is 9.77. The van der Waals surface area contributed by atoms with Gasteiger partial charge in [0.25, 0.3) is 0 Å². The molecule has 0 radical (unpaired) electrons. The molecule has 3 rings (SSSR count). The molecular weight excluding hydrogens is 314 g/mol. The Bertz CT molecular complexity index is 803. The maximum absolute atomic E-state index is 2.44. The molecule has 26 heavy (non-hydrogen) atoms. The van der Waals surface area contributed by atoms with E-state index in [2.05, 4.69) is 124 Å². The standard InChI is InChI=1S/C25H29N/c1-24(2,3)22-18-12-13-19-23(22)25(4,5)26(20-14-8-6-9-15-20)21-16-10-7-11-17-21/h6-19H,1-5H3. The largest absolute Gasteiger partial charge is 0.332 e. The Hall–Kier alpha value is -2.54. The molecule has 1 nitrogen and oxygen atoms in total. The number of para-hydroxylation sites is 2. The zero-order valence-corrected chi connectivity index (χ0v) is 16.5. The molecule has 3 aromatic carbocycles. The quantitative estimate of drug-likeness (QED) is 0.490. The number of hydrogen-bond donors (Lipinski definition) is 0. The van der Waals surface area contributed by atoms with E-state index in [1.165, 1.54) is 22.5 Å². The smallest absolute Gasteiger partial charge is 0.0649 e. The van der Waals surface area contributed by atoms with Gasteiger partial charge in [0.15, 0.2) is 0 Å². The summed E-state index contributed by atoms with van der Waals surface area (Å²) in [5.41, 5.74) is 5.04. The van der Waals surface area contributed by atoms with Gasteiger partial charge in [0.1, 0.15) is 0 Å². The van der Waals surface area contributed by atoms with Gasteiger partial charge in [-0.05, 0) is 54.7 Å². The fraction of sp³-hybridized carbons (Fsp3) is 0.280. The third kappa shape index (κ3) is 3.53. The molecule has 1 heteroatoms. The topological polar surface area (TPSA) is 3.24 Å². The predicted molar refractivity (Wildman–Crippen MR) is 113 cm³/mol. The molecule has 0 N–H and O–H groups in total. The number of rotatable bonds is 4. The molecule has 0 unspecified atom stereocenters. The average molecular weight is 344 g/mol. The highest BCUT2D eigenvalue weighted by molar-refractivity contribution is 5.67. The van der Waals surface area contributed by atoms with Gasteiger partial charge in [-0.25, -0.2) is 0 Å². The van der Waals surface area contributed by atoms with Crippen molar-refractivity contribution in [3.63, 3.8) is 0 Å². The van der Waals surface area contributed by atoms with Crippen LogP contribution < -0.4 is 4.90 Å². The van der Waals surface area contributed by atoms with Gasteiger partial charge in [0.05, 0.1) is 5.54 Å². The van der Waals surface area contributed by atoms with Crippen LogP contribution in [0.25, 0.3) is 0 Å². The van der Waals surface area contributed by atoms with Crippen LogP contribution in [-0.4, -0.2) is 0 Å². The molecule has 134 valence electrons. The number of hydrogen-bond acceptors (Lipinski definition) is 1. The lowest BCUT2D eigenvalue weighted by Crippen LogP contribution is -2.40. The summed E-state index contributed by atoms with van der Waals surface area (Å²) in [5.74, 6) is 0.